The second-order valence-corrected chi connectivity index (χ2v) is 7.28. The van der Waals surface area contributed by atoms with Crippen LogP contribution in [0, 0.1) is 5.82 Å². The van der Waals surface area contributed by atoms with E-state index >= 15 is 0 Å². The van der Waals surface area contributed by atoms with Gasteiger partial charge >= 0.3 is 5.97 Å². The van der Waals surface area contributed by atoms with Crippen molar-refractivity contribution in [2.45, 2.75) is 24.4 Å². The Morgan fingerprint density at radius 3 is 2.60 bits per heavy atom. The van der Waals surface area contributed by atoms with Crippen LogP contribution in [0.3, 0.4) is 0 Å². The molecule has 3 N–H and O–H groups in total. The number of carbonyl (C=O) groups is 1. The number of nitrogens with one attached hydrogen (secondary N) is 1. The van der Waals surface area contributed by atoms with E-state index in [2.05, 4.69) is 20.5 Å². The van der Waals surface area contributed by atoms with Crippen molar-refractivity contribution in [2.24, 2.45) is 0 Å². The smallest absolute Gasteiger partial charge is 0.339 e. The van der Waals surface area contributed by atoms with E-state index in [9.17, 15) is 18.7 Å². The highest BCUT2D eigenvalue weighted by Gasteiger charge is 2.48. The van der Waals surface area contributed by atoms with Gasteiger partial charge in [0.25, 0.3) is 0 Å². The van der Waals surface area contributed by atoms with Crippen molar-refractivity contribution in [3.8, 4) is 17.0 Å². The van der Waals surface area contributed by atoms with Crippen molar-refractivity contribution >= 4 is 11.8 Å². The van der Waals surface area contributed by atoms with Gasteiger partial charge < -0.3 is 15.5 Å². The van der Waals surface area contributed by atoms with Gasteiger partial charge in [-0.3, -0.25) is 4.98 Å². The number of aromatic carboxylic acids is 1. The first-order chi connectivity index (χ1) is 14.4. The molecule has 154 valence electrons. The first kappa shape index (κ1) is 19.7. The SMILES string of the molecule is O=C(O)c1cccc(-c2ccc(NC[C@]3(c4ncccc4F)C[C@H](F)C3)nn2)c1O. The van der Waals surface area contributed by atoms with E-state index in [-0.39, 0.29) is 36.2 Å². The first-order valence-corrected chi connectivity index (χ1v) is 9.28. The Kier molecular flexibility index (Phi) is 5.03. The lowest BCUT2D eigenvalue weighted by Gasteiger charge is -2.44. The Labute approximate surface area is 170 Å². The number of pyridine rings is 1. The number of carboxylic acids is 1. The lowest BCUT2D eigenvalue weighted by atomic mass is 9.65. The molecule has 2 aromatic heterocycles. The molecule has 30 heavy (non-hydrogen) atoms. The molecule has 1 aliphatic carbocycles. The Hall–Kier alpha value is -3.62. The fourth-order valence-electron chi connectivity index (χ4n) is 3.74. The predicted octanol–water partition coefficient (Wildman–Crippen LogP) is 3.56. The molecule has 0 atom stereocenters. The van der Waals surface area contributed by atoms with Crippen LogP contribution < -0.4 is 5.32 Å². The fraction of sp³-hybridized carbons (Fsp3) is 0.238. The van der Waals surface area contributed by atoms with E-state index in [4.69, 9.17) is 5.11 Å². The Balaban J connectivity index is 1.52. The molecule has 0 unspecified atom stereocenters. The molecule has 7 nitrogen and oxygen atoms in total. The van der Waals surface area contributed by atoms with Crippen LogP contribution in [0.1, 0.15) is 28.9 Å². The highest BCUT2D eigenvalue weighted by molar-refractivity contribution is 5.93. The van der Waals surface area contributed by atoms with Crippen LogP contribution in [-0.2, 0) is 5.41 Å². The third-order valence-corrected chi connectivity index (χ3v) is 5.30. The summed E-state index contributed by atoms with van der Waals surface area (Å²) >= 11 is 0. The van der Waals surface area contributed by atoms with Crippen LogP contribution >= 0.6 is 0 Å². The molecule has 0 saturated heterocycles. The largest absolute Gasteiger partial charge is 0.506 e. The number of alkyl halides is 1. The van der Waals surface area contributed by atoms with Crippen LogP contribution in [0.2, 0.25) is 0 Å². The van der Waals surface area contributed by atoms with Crippen LogP contribution in [-0.4, -0.2) is 44.1 Å². The van der Waals surface area contributed by atoms with Gasteiger partial charge in [-0.15, -0.1) is 10.2 Å². The molecule has 0 bridgehead atoms. The highest BCUT2D eigenvalue weighted by atomic mass is 19.1. The van der Waals surface area contributed by atoms with Crippen LogP contribution in [0.25, 0.3) is 11.3 Å². The van der Waals surface area contributed by atoms with Crippen LogP contribution in [0.15, 0.2) is 48.7 Å². The summed E-state index contributed by atoms with van der Waals surface area (Å²) in [6.45, 7) is 0.231. The average molecular weight is 412 g/mol. The molecular weight excluding hydrogens is 394 g/mol. The van der Waals surface area contributed by atoms with Crippen molar-refractivity contribution in [1.29, 1.82) is 0 Å². The van der Waals surface area contributed by atoms with Gasteiger partial charge in [0, 0.05) is 23.7 Å². The number of nitrogens with zero attached hydrogens (tertiary/aromatic N) is 3. The summed E-state index contributed by atoms with van der Waals surface area (Å²) in [6.07, 6.45) is 0.800. The van der Waals surface area contributed by atoms with Crippen molar-refractivity contribution < 1.29 is 23.8 Å². The topological polar surface area (TPSA) is 108 Å². The fourth-order valence-corrected chi connectivity index (χ4v) is 3.74. The Morgan fingerprint density at radius 2 is 1.97 bits per heavy atom. The van der Waals surface area contributed by atoms with E-state index in [1.54, 1.807) is 12.1 Å². The van der Waals surface area contributed by atoms with Crippen molar-refractivity contribution in [1.82, 2.24) is 15.2 Å². The van der Waals surface area contributed by atoms with Crippen molar-refractivity contribution in [3.05, 3.63) is 65.7 Å². The van der Waals surface area contributed by atoms with Crippen LogP contribution in [0.4, 0.5) is 14.6 Å². The zero-order valence-corrected chi connectivity index (χ0v) is 15.7. The average Bonchev–Trinajstić information content (AvgIpc) is 2.71. The molecule has 0 aliphatic heterocycles. The summed E-state index contributed by atoms with van der Waals surface area (Å²) in [4.78, 5) is 15.3. The van der Waals surface area contributed by atoms with Gasteiger partial charge in [0.15, 0.2) is 0 Å². The number of halogens is 2. The Bertz CT molecular complexity index is 1090. The molecular formula is C21H18F2N4O3. The second kappa shape index (κ2) is 7.66. The van der Waals surface area contributed by atoms with Gasteiger partial charge in [-0.1, -0.05) is 6.07 Å². The summed E-state index contributed by atoms with van der Waals surface area (Å²) in [5.74, 6) is -1.74. The number of hydrogen-bond donors (Lipinski definition) is 3. The van der Waals surface area contributed by atoms with E-state index in [1.807, 2.05) is 0 Å². The summed E-state index contributed by atoms with van der Waals surface area (Å²) in [7, 11) is 0. The molecule has 0 amide bonds. The van der Waals surface area contributed by atoms with Crippen molar-refractivity contribution in [2.75, 3.05) is 11.9 Å². The highest BCUT2D eigenvalue weighted by Crippen LogP contribution is 2.45. The number of aromatic nitrogens is 3. The maximum Gasteiger partial charge on any atom is 0.339 e. The standard InChI is InChI=1S/C21H18F2N4O3/c22-12-9-21(10-12,19-15(23)5-2-8-24-19)11-25-17-7-6-16(26-27-17)13-3-1-4-14(18(13)28)20(29)30/h1-8,12,28H,9-11H2,(H,25,27)(H,29,30)/t12-,21-. The zero-order valence-electron chi connectivity index (χ0n) is 15.7. The molecule has 4 rings (SSSR count). The zero-order chi connectivity index (χ0) is 21.3. The van der Waals surface area contributed by atoms with E-state index < -0.39 is 29.1 Å². The maximum absolute atomic E-state index is 14.2. The number of carboxylic acid groups (broad SMARTS) is 1. The van der Waals surface area contributed by atoms with Gasteiger partial charge in [-0.25, -0.2) is 13.6 Å². The molecule has 2 heterocycles. The molecule has 1 aliphatic rings. The monoisotopic (exact) mass is 412 g/mol. The minimum absolute atomic E-state index is 0.162. The molecule has 1 aromatic carbocycles. The van der Waals surface area contributed by atoms with E-state index in [0.29, 0.717) is 11.5 Å². The normalized spacial score (nSPS) is 20.4. The van der Waals surface area contributed by atoms with E-state index in [1.165, 1.54) is 36.5 Å². The molecule has 1 fully saturated rings. The summed E-state index contributed by atoms with van der Waals surface area (Å²) < 4.78 is 27.9. The lowest BCUT2D eigenvalue weighted by Crippen LogP contribution is -2.49. The number of phenols is 1. The van der Waals surface area contributed by atoms with Gasteiger partial charge in [-0.05, 0) is 49.2 Å². The third kappa shape index (κ3) is 3.54. The first-order valence-electron chi connectivity index (χ1n) is 9.28. The number of aromatic hydroxyl groups is 1. The van der Waals surface area contributed by atoms with Gasteiger partial charge in [0.05, 0.1) is 11.4 Å². The lowest BCUT2D eigenvalue weighted by molar-refractivity contribution is 0.0693. The summed E-state index contributed by atoms with van der Waals surface area (Å²) in [5, 5.41) is 30.4. The molecule has 1 saturated carbocycles. The van der Waals surface area contributed by atoms with Crippen LogP contribution in [0.5, 0.6) is 5.75 Å². The third-order valence-electron chi connectivity index (χ3n) is 5.30. The number of hydrogen-bond acceptors (Lipinski definition) is 6. The van der Waals surface area contributed by atoms with E-state index in [0.717, 1.165) is 0 Å². The minimum Gasteiger partial charge on any atom is -0.506 e. The number of anilines is 1. The molecule has 0 radical (unpaired) electrons. The molecule has 3 aromatic rings. The van der Waals surface area contributed by atoms with Gasteiger partial charge in [-0.2, -0.15) is 0 Å². The summed E-state index contributed by atoms with van der Waals surface area (Å²) in [6, 6.07) is 10.3. The quantitative estimate of drug-likeness (QED) is 0.568. The molecule has 0 spiro atoms. The second-order valence-electron chi connectivity index (χ2n) is 7.28. The van der Waals surface area contributed by atoms with Gasteiger partial charge in [0.1, 0.15) is 29.1 Å². The Morgan fingerprint density at radius 1 is 1.17 bits per heavy atom. The molecule has 9 heteroatoms. The summed E-state index contributed by atoms with van der Waals surface area (Å²) in [5.41, 5.74) is -0.244. The number of benzene rings is 1. The number of rotatable bonds is 6. The maximum atomic E-state index is 14.2. The number of para-hydroxylation sites is 1. The van der Waals surface area contributed by atoms with Gasteiger partial charge in [0.2, 0.25) is 0 Å². The predicted molar refractivity (Wildman–Crippen MR) is 105 cm³/mol. The van der Waals surface area contributed by atoms with Crippen molar-refractivity contribution in [3.63, 3.8) is 0 Å². The minimum atomic E-state index is -1.25.